The fourth-order valence-corrected chi connectivity index (χ4v) is 1.90. The fraction of sp³-hybridized carbons (Fsp3) is 0.500. The van der Waals surface area contributed by atoms with E-state index in [2.05, 4.69) is 20.9 Å². The summed E-state index contributed by atoms with van der Waals surface area (Å²) in [5, 5.41) is 0. The summed E-state index contributed by atoms with van der Waals surface area (Å²) in [6.07, 6.45) is 3.81. The second-order valence-electron chi connectivity index (χ2n) is 3.50. The maximum atomic E-state index is 5.97. The van der Waals surface area contributed by atoms with Crippen molar-refractivity contribution in [1.29, 1.82) is 0 Å². The van der Waals surface area contributed by atoms with Gasteiger partial charge in [0, 0.05) is 23.3 Å². The molecule has 2 N–H and O–H groups in total. The smallest absolute Gasteiger partial charge is 0.114 e. The third kappa shape index (κ3) is 2.13. The number of halogens is 1. The van der Waals surface area contributed by atoms with Gasteiger partial charge in [-0.3, -0.25) is 4.98 Å². The molecule has 0 aromatic carbocycles. The molecule has 2 heterocycles. The van der Waals surface area contributed by atoms with E-state index < -0.39 is 0 Å². The largest absolute Gasteiger partial charge is 0.370 e. The highest BCUT2D eigenvalue weighted by Crippen LogP contribution is 2.26. The normalized spacial score (nSPS) is 27.6. The number of rotatable bonds is 1. The van der Waals surface area contributed by atoms with Gasteiger partial charge in [-0.25, -0.2) is 0 Å². The van der Waals surface area contributed by atoms with Crippen molar-refractivity contribution in [2.24, 2.45) is 5.73 Å². The number of hydrogen-bond donors (Lipinski definition) is 1. The van der Waals surface area contributed by atoms with Crippen molar-refractivity contribution in [2.75, 3.05) is 6.61 Å². The average molecular weight is 257 g/mol. The van der Waals surface area contributed by atoms with Gasteiger partial charge in [-0.15, -0.1) is 0 Å². The van der Waals surface area contributed by atoms with Crippen LogP contribution in [0.25, 0.3) is 0 Å². The monoisotopic (exact) mass is 256 g/mol. The van der Waals surface area contributed by atoms with Gasteiger partial charge >= 0.3 is 0 Å². The average Bonchev–Trinajstić information content (AvgIpc) is 2.20. The van der Waals surface area contributed by atoms with Crippen LogP contribution in [0.4, 0.5) is 0 Å². The zero-order valence-electron chi connectivity index (χ0n) is 7.82. The Morgan fingerprint density at radius 1 is 1.50 bits per heavy atom. The van der Waals surface area contributed by atoms with Gasteiger partial charge in [0.15, 0.2) is 0 Å². The Kier molecular flexibility index (Phi) is 3.15. The third-order valence-corrected chi connectivity index (χ3v) is 2.88. The summed E-state index contributed by atoms with van der Waals surface area (Å²) in [5.41, 5.74) is 6.90. The number of nitrogens with zero attached hydrogens (tertiary/aromatic N) is 1. The summed E-state index contributed by atoms with van der Waals surface area (Å²) in [6.45, 7) is 0.788. The Hall–Kier alpha value is -0.450. The number of ether oxygens (including phenoxy) is 1. The van der Waals surface area contributed by atoms with Crippen LogP contribution in [0.3, 0.4) is 0 Å². The molecule has 0 amide bonds. The van der Waals surface area contributed by atoms with Gasteiger partial charge in [-0.05, 0) is 40.9 Å². The molecule has 0 radical (unpaired) electrons. The van der Waals surface area contributed by atoms with Gasteiger partial charge < -0.3 is 10.5 Å². The first-order valence-electron chi connectivity index (χ1n) is 4.76. The summed E-state index contributed by atoms with van der Waals surface area (Å²) in [7, 11) is 0. The van der Waals surface area contributed by atoms with E-state index in [9.17, 15) is 0 Å². The molecule has 1 fully saturated rings. The van der Waals surface area contributed by atoms with Crippen molar-refractivity contribution in [1.82, 2.24) is 4.98 Å². The highest BCUT2D eigenvalue weighted by Gasteiger charge is 2.24. The lowest BCUT2D eigenvalue weighted by atomic mass is 10.0. The molecule has 0 spiro atoms. The maximum Gasteiger partial charge on any atom is 0.114 e. The second-order valence-corrected chi connectivity index (χ2v) is 4.41. The van der Waals surface area contributed by atoms with Crippen LogP contribution in [0, 0.1) is 0 Å². The highest BCUT2D eigenvalue weighted by atomic mass is 79.9. The molecule has 0 aliphatic carbocycles. The lowest BCUT2D eigenvalue weighted by Gasteiger charge is -2.28. The predicted octanol–water partition coefficient (Wildman–Crippen LogP) is 2.02. The Morgan fingerprint density at radius 3 is 3.00 bits per heavy atom. The molecule has 3 nitrogen and oxygen atoms in total. The molecule has 1 saturated heterocycles. The van der Waals surface area contributed by atoms with E-state index in [4.69, 9.17) is 10.5 Å². The number of hydrogen-bond acceptors (Lipinski definition) is 3. The SMILES string of the molecule is NC1CCCOC1c1ccc(Br)cn1. The van der Waals surface area contributed by atoms with Gasteiger partial charge in [0.05, 0.1) is 5.69 Å². The highest BCUT2D eigenvalue weighted by molar-refractivity contribution is 9.10. The van der Waals surface area contributed by atoms with E-state index in [0.717, 1.165) is 29.6 Å². The van der Waals surface area contributed by atoms with Crippen molar-refractivity contribution < 1.29 is 4.74 Å². The van der Waals surface area contributed by atoms with E-state index >= 15 is 0 Å². The fourth-order valence-electron chi connectivity index (χ4n) is 1.66. The first-order valence-corrected chi connectivity index (χ1v) is 5.55. The summed E-state index contributed by atoms with van der Waals surface area (Å²) < 4.78 is 6.59. The number of aromatic nitrogens is 1. The van der Waals surface area contributed by atoms with E-state index in [-0.39, 0.29) is 12.1 Å². The van der Waals surface area contributed by atoms with E-state index in [0.29, 0.717) is 0 Å². The topological polar surface area (TPSA) is 48.1 Å². The molecule has 2 unspecified atom stereocenters. The molecule has 0 bridgehead atoms. The van der Waals surface area contributed by atoms with Crippen molar-refractivity contribution in [3.63, 3.8) is 0 Å². The van der Waals surface area contributed by atoms with E-state index in [1.165, 1.54) is 0 Å². The molecule has 76 valence electrons. The third-order valence-electron chi connectivity index (χ3n) is 2.41. The summed E-state index contributed by atoms with van der Waals surface area (Å²) >= 11 is 3.35. The van der Waals surface area contributed by atoms with E-state index in [1.807, 2.05) is 12.1 Å². The first-order chi connectivity index (χ1) is 6.77. The minimum absolute atomic E-state index is 0.0307. The molecule has 1 aromatic heterocycles. The summed E-state index contributed by atoms with van der Waals surface area (Å²) in [5.74, 6) is 0. The zero-order chi connectivity index (χ0) is 9.97. The number of pyridine rings is 1. The van der Waals surface area contributed by atoms with Crippen molar-refractivity contribution >= 4 is 15.9 Å². The Balaban J connectivity index is 2.16. The number of nitrogens with two attached hydrogens (primary N) is 1. The first kappa shape index (κ1) is 10.1. The van der Waals surface area contributed by atoms with Gasteiger partial charge in [-0.2, -0.15) is 0 Å². The quantitative estimate of drug-likeness (QED) is 0.837. The molecule has 1 aromatic rings. The molecule has 0 saturated carbocycles. The van der Waals surface area contributed by atoms with E-state index in [1.54, 1.807) is 6.20 Å². The Labute approximate surface area is 91.8 Å². The maximum absolute atomic E-state index is 5.97. The van der Waals surface area contributed by atoms with Crippen molar-refractivity contribution in [3.05, 3.63) is 28.5 Å². The minimum Gasteiger partial charge on any atom is -0.370 e. The molecule has 2 atom stereocenters. The minimum atomic E-state index is -0.0307. The standard InChI is InChI=1S/C10H13BrN2O/c11-7-3-4-9(13-6-7)10-8(12)2-1-5-14-10/h3-4,6,8,10H,1-2,5,12H2. The lowest BCUT2D eigenvalue weighted by Crippen LogP contribution is -2.34. The van der Waals surface area contributed by atoms with Crippen LogP contribution >= 0.6 is 15.9 Å². The van der Waals surface area contributed by atoms with Crippen LogP contribution < -0.4 is 5.73 Å². The zero-order valence-corrected chi connectivity index (χ0v) is 9.40. The molecule has 14 heavy (non-hydrogen) atoms. The Morgan fingerprint density at radius 2 is 2.36 bits per heavy atom. The second kappa shape index (κ2) is 4.38. The van der Waals surface area contributed by atoms with Gasteiger partial charge in [0.1, 0.15) is 6.10 Å². The van der Waals surface area contributed by atoms with Gasteiger partial charge in [-0.1, -0.05) is 0 Å². The molecule has 1 aliphatic rings. The van der Waals surface area contributed by atoms with Crippen LogP contribution in [0.15, 0.2) is 22.8 Å². The summed E-state index contributed by atoms with van der Waals surface area (Å²) in [4.78, 5) is 4.30. The van der Waals surface area contributed by atoms with Crippen LogP contribution in [-0.2, 0) is 4.74 Å². The Bertz CT molecular complexity index is 301. The van der Waals surface area contributed by atoms with Crippen LogP contribution in [-0.4, -0.2) is 17.6 Å². The lowest BCUT2D eigenvalue weighted by molar-refractivity contribution is -0.00244. The van der Waals surface area contributed by atoms with Crippen LogP contribution in [0.5, 0.6) is 0 Å². The summed E-state index contributed by atoms with van der Waals surface area (Å²) in [6, 6.07) is 4.00. The van der Waals surface area contributed by atoms with Crippen LogP contribution in [0.2, 0.25) is 0 Å². The molecular weight excluding hydrogens is 244 g/mol. The molecule has 4 heteroatoms. The van der Waals surface area contributed by atoms with Crippen molar-refractivity contribution in [2.45, 2.75) is 25.0 Å². The van der Waals surface area contributed by atoms with Gasteiger partial charge in [0.2, 0.25) is 0 Å². The molecule has 1 aliphatic heterocycles. The van der Waals surface area contributed by atoms with Gasteiger partial charge in [0.25, 0.3) is 0 Å². The predicted molar refractivity (Wildman–Crippen MR) is 57.8 cm³/mol. The molecule has 2 rings (SSSR count). The molecular formula is C10H13BrN2O. The van der Waals surface area contributed by atoms with Crippen LogP contribution in [0.1, 0.15) is 24.6 Å². The van der Waals surface area contributed by atoms with Crippen molar-refractivity contribution in [3.8, 4) is 0 Å².